The van der Waals surface area contributed by atoms with Crippen LogP contribution in [-0.2, 0) is 4.74 Å². The van der Waals surface area contributed by atoms with Gasteiger partial charge in [0.1, 0.15) is 4.88 Å². The molecule has 2 aromatic rings. The molecule has 0 bridgehead atoms. The number of carbonyl (C=O) groups excluding carboxylic acids is 2. The zero-order valence-corrected chi connectivity index (χ0v) is 16.2. The highest BCUT2D eigenvalue weighted by molar-refractivity contribution is 9.10. The lowest BCUT2D eigenvalue weighted by atomic mass is 10.1. The fraction of sp³-hybridized carbons (Fsp3) is 0.333. The minimum absolute atomic E-state index is 0.138. The highest BCUT2D eigenvalue weighted by Gasteiger charge is 2.23. The van der Waals surface area contributed by atoms with Crippen molar-refractivity contribution < 1.29 is 14.3 Å². The molecule has 1 N–H and O–H groups in total. The lowest BCUT2D eigenvalue weighted by Gasteiger charge is -2.19. The molecule has 1 saturated heterocycles. The Hall–Kier alpha value is -1.86. The number of anilines is 1. The molecule has 1 atom stereocenters. The Labute approximate surface area is 159 Å². The minimum Gasteiger partial charge on any atom is -0.465 e. The van der Waals surface area contributed by atoms with Crippen LogP contribution in [0.4, 0.5) is 5.69 Å². The molecule has 1 aromatic heterocycles. The monoisotopic (exact) mass is 422 g/mol. The van der Waals surface area contributed by atoms with Gasteiger partial charge in [-0.25, -0.2) is 4.79 Å². The first kappa shape index (κ1) is 17.9. The second kappa shape index (κ2) is 8.01. The number of hydrogen-bond donors (Lipinski definition) is 1. The molecule has 0 spiro atoms. The van der Waals surface area contributed by atoms with Crippen molar-refractivity contribution >= 4 is 44.8 Å². The lowest BCUT2D eigenvalue weighted by Crippen LogP contribution is -2.30. The third-order valence-corrected chi connectivity index (χ3v) is 5.78. The maximum atomic E-state index is 12.2. The van der Waals surface area contributed by atoms with Gasteiger partial charge in [0.25, 0.3) is 5.91 Å². The first-order valence-corrected chi connectivity index (χ1v) is 9.64. The van der Waals surface area contributed by atoms with E-state index in [1.165, 1.54) is 12.8 Å². The molecule has 0 saturated carbocycles. The summed E-state index contributed by atoms with van der Waals surface area (Å²) in [5, 5.41) is 2.98. The van der Waals surface area contributed by atoms with Gasteiger partial charge in [0.15, 0.2) is 0 Å². The number of thiophene rings is 1. The topological polar surface area (TPSA) is 58.6 Å². The van der Waals surface area contributed by atoms with Crippen LogP contribution in [0.25, 0.3) is 0 Å². The Morgan fingerprint density at radius 2 is 2.12 bits per heavy atom. The van der Waals surface area contributed by atoms with Crippen molar-refractivity contribution in [2.45, 2.75) is 6.42 Å². The molecule has 0 aliphatic carbocycles. The summed E-state index contributed by atoms with van der Waals surface area (Å²) in [6.45, 7) is 2.55. The highest BCUT2D eigenvalue weighted by Crippen LogP contribution is 2.26. The number of rotatable bonds is 5. The number of nitrogens with zero attached hydrogens (tertiary/aromatic N) is 1. The number of methoxy groups -OCH3 is 1. The second-order valence-electron chi connectivity index (χ2n) is 5.95. The van der Waals surface area contributed by atoms with Gasteiger partial charge in [-0.2, -0.15) is 0 Å². The summed E-state index contributed by atoms with van der Waals surface area (Å²) in [4.78, 5) is 27.0. The van der Waals surface area contributed by atoms with E-state index >= 15 is 0 Å². The lowest BCUT2D eigenvalue weighted by molar-refractivity contribution is 0.0606. The molecular weight excluding hydrogens is 404 g/mol. The summed E-state index contributed by atoms with van der Waals surface area (Å²) < 4.78 is 5.73. The van der Waals surface area contributed by atoms with Crippen LogP contribution in [0.1, 0.15) is 25.8 Å². The van der Waals surface area contributed by atoms with E-state index in [9.17, 15) is 9.59 Å². The SMILES string of the molecule is COC(=O)c1ccc(C(=O)NCC2CCN(c3cccc(Br)c3)C2)s1. The van der Waals surface area contributed by atoms with Gasteiger partial charge in [-0.15, -0.1) is 11.3 Å². The van der Waals surface area contributed by atoms with Gasteiger partial charge >= 0.3 is 5.97 Å². The zero-order valence-electron chi connectivity index (χ0n) is 13.8. The summed E-state index contributed by atoms with van der Waals surface area (Å²) in [6.07, 6.45) is 1.05. The Kier molecular flexibility index (Phi) is 5.75. The van der Waals surface area contributed by atoms with Gasteiger partial charge in [0, 0.05) is 29.8 Å². The van der Waals surface area contributed by atoms with Gasteiger partial charge in [-0.3, -0.25) is 4.79 Å². The zero-order chi connectivity index (χ0) is 17.8. The average molecular weight is 423 g/mol. The third-order valence-electron chi connectivity index (χ3n) is 4.23. The van der Waals surface area contributed by atoms with E-state index in [1.807, 2.05) is 12.1 Å². The Balaban J connectivity index is 1.51. The molecule has 2 heterocycles. The number of ether oxygens (including phenoxy) is 1. The number of hydrogen-bond acceptors (Lipinski definition) is 5. The number of halogens is 1. The van der Waals surface area contributed by atoms with E-state index in [1.54, 1.807) is 12.1 Å². The molecule has 3 rings (SSSR count). The van der Waals surface area contributed by atoms with Crippen LogP contribution in [0.15, 0.2) is 40.9 Å². The maximum Gasteiger partial charge on any atom is 0.348 e. The van der Waals surface area contributed by atoms with Crippen LogP contribution in [0.2, 0.25) is 0 Å². The molecule has 1 fully saturated rings. The van der Waals surface area contributed by atoms with Gasteiger partial charge in [-0.05, 0) is 42.7 Å². The van der Waals surface area contributed by atoms with Crippen molar-refractivity contribution in [2.24, 2.45) is 5.92 Å². The van der Waals surface area contributed by atoms with E-state index in [0.29, 0.717) is 22.2 Å². The number of esters is 1. The van der Waals surface area contributed by atoms with Crippen molar-refractivity contribution in [2.75, 3.05) is 31.6 Å². The van der Waals surface area contributed by atoms with Crippen molar-refractivity contribution in [3.8, 4) is 0 Å². The number of carbonyl (C=O) groups is 2. The van der Waals surface area contributed by atoms with E-state index in [-0.39, 0.29) is 5.91 Å². The summed E-state index contributed by atoms with van der Waals surface area (Å²) >= 11 is 4.65. The summed E-state index contributed by atoms with van der Waals surface area (Å²) in [7, 11) is 1.33. The van der Waals surface area contributed by atoms with Crippen LogP contribution in [-0.4, -0.2) is 38.6 Å². The molecule has 1 unspecified atom stereocenters. The van der Waals surface area contributed by atoms with Gasteiger partial charge in [0.2, 0.25) is 0 Å². The molecule has 5 nitrogen and oxygen atoms in total. The van der Waals surface area contributed by atoms with E-state index in [2.05, 4.69) is 43.0 Å². The first-order valence-electron chi connectivity index (χ1n) is 8.03. The van der Waals surface area contributed by atoms with Crippen LogP contribution >= 0.6 is 27.3 Å². The third kappa shape index (κ3) is 4.41. The molecule has 1 aliphatic rings. The average Bonchev–Trinajstić information content (AvgIpc) is 3.28. The fourth-order valence-electron chi connectivity index (χ4n) is 2.90. The molecule has 1 aromatic carbocycles. The van der Waals surface area contributed by atoms with Crippen LogP contribution in [0.3, 0.4) is 0 Å². The molecule has 25 heavy (non-hydrogen) atoms. The van der Waals surface area contributed by atoms with E-state index < -0.39 is 5.97 Å². The highest BCUT2D eigenvalue weighted by atomic mass is 79.9. The van der Waals surface area contributed by atoms with Crippen molar-refractivity contribution in [1.29, 1.82) is 0 Å². The smallest absolute Gasteiger partial charge is 0.348 e. The number of amides is 1. The summed E-state index contributed by atoms with van der Waals surface area (Å²) in [6, 6.07) is 11.5. The van der Waals surface area contributed by atoms with Crippen LogP contribution < -0.4 is 10.2 Å². The molecule has 7 heteroatoms. The predicted molar refractivity (Wildman–Crippen MR) is 102 cm³/mol. The van der Waals surface area contributed by atoms with E-state index in [0.717, 1.165) is 35.3 Å². The number of benzene rings is 1. The van der Waals surface area contributed by atoms with Crippen LogP contribution in [0.5, 0.6) is 0 Å². The summed E-state index contributed by atoms with van der Waals surface area (Å²) in [5.74, 6) is -0.131. The Bertz CT molecular complexity index is 777. The Morgan fingerprint density at radius 1 is 1.32 bits per heavy atom. The fourth-order valence-corrected chi connectivity index (χ4v) is 4.13. The molecule has 1 aliphatic heterocycles. The van der Waals surface area contributed by atoms with Crippen molar-refractivity contribution in [1.82, 2.24) is 5.32 Å². The van der Waals surface area contributed by atoms with Gasteiger partial charge in [-0.1, -0.05) is 22.0 Å². The van der Waals surface area contributed by atoms with Crippen molar-refractivity contribution in [3.63, 3.8) is 0 Å². The largest absolute Gasteiger partial charge is 0.465 e. The molecule has 132 valence electrons. The maximum absolute atomic E-state index is 12.2. The van der Waals surface area contributed by atoms with Gasteiger partial charge < -0.3 is 15.0 Å². The van der Waals surface area contributed by atoms with Crippen LogP contribution in [0, 0.1) is 5.92 Å². The standard InChI is InChI=1S/C18H19BrN2O3S/c1-24-18(23)16-6-5-15(25-16)17(22)20-10-12-7-8-21(11-12)14-4-2-3-13(19)9-14/h2-6,9,12H,7-8,10-11H2,1H3,(H,20,22). The normalized spacial score (nSPS) is 16.7. The Morgan fingerprint density at radius 3 is 2.88 bits per heavy atom. The molecular formula is C18H19BrN2O3S. The minimum atomic E-state index is -0.412. The van der Waals surface area contributed by atoms with Gasteiger partial charge in [0.05, 0.1) is 12.0 Å². The predicted octanol–water partition coefficient (Wildman–Crippen LogP) is 3.55. The summed E-state index contributed by atoms with van der Waals surface area (Å²) in [5.41, 5.74) is 1.20. The van der Waals surface area contributed by atoms with Crippen molar-refractivity contribution in [3.05, 3.63) is 50.6 Å². The molecule has 0 radical (unpaired) electrons. The van der Waals surface area contributed by atoms with E-state index in [4.69, 9.17) is 0 Å². The molecule has 1 amide bonds. The number of nitrogens with one attached hydrogen (secondary N) is 1. The first-order chi connectivity index (χ1) is 12.1. The quantitative estimate of drug-likeness (QED) is 0.748. The second-order valence-corrected chi connectivity index (χ2v) is 7.95.